The lowest BCUT2D eigenvalue weighted by molar-refractivity contribution is 0.235. The Kier molecular flexibility index (Phi) is 4.46. The van der Waals surface area contributed by atoms with Gasteiger partial charge >= 0.3 is 6.03 Å². The zero-order valence-corrected chi connectivity index (χ0v) is 12.2. The molecule has 2 unspecified atom stereocenters. The van der Waals surface area contributed by atoms with Gasteiger partial charge in [0.2, 0.25) is 0 Å². The molecule has 1 aliphatic rings. The lowest BCUT2D eigenvalue weighted by atomic mass is 10.1. The van der Waals surface area contributed by atoms with Crippen molar-refractivity contribution in [1.82, 2.24) is 10.6 Å². The van der Waals surface area contributed by atoms with Gasteiger partial charge in [0.05, 0.1) is 17.5 Å². The maximum absolute atomic E-state index is 13.1. The van der Waals surface area contributed by atoms with E-state index in [0.717, 1.165) is 12.1 Å². The number of nitrogens with one attached hydrogen (secondary N) is 2. The molecule has 1 saturated heterocycles. The second-order valence-electron chi connectivity index (χ2n) is 5.11. The lowest BCUT2D eigenvalue weighted by Gasteiger charge is -2.17. The first kappa shape index (κ1) is 15.7. The van der Waals surface area contributed by atoms with Crippen LogP contribution in [0.15, 0.2) is 18.2 Å². The van der Waals surface area contributed by atoms with Crippen LogP contribution in [-0.2, 0) is 9.84 Å². The number of sulfone groups is 1. The van der Waals surface area contributed by atoms with Gasteiger partial charge in [-0.2, -0.15) is 0 Å². The molecule has 1 fully saturated rings. The number of hydrogen-bond acceptors (Lipinski definition) is 3. The second-order valence-corrected chi connectivity index (χ2v) is 7.34. The molecule has 8 heteroatoms. The van der Waals surface area contributed by atoms with E-state index < -0.39 is 39.6 Å². The minimum atomic E-state index is -3.07. The second kappa shape index (κ2) is 5.97. The average molecular weight is 318 g/mol. The number of rotatable bonds is 3. The largest absolute Gasteiger partial charge is 0.334 e. The van der Waals surface area contributed by atoms with Crippen LogP contribution in [0.1, 0.15) is 24.9 Å². The van der Waals surface area contributed by atoms with Crippen LogP contribution in [0.2, 0.25) is 0 Å². The molecule has 0 spiro atoms. The van der Waals surface area contributed by atoms with E-state index in [0.29, 0.717) is 12.0 Å². The van der Waals surface area contributed by atoms with E-state index in [4.69, 9.17) is 0 Å². The van der Waals surface area contributed by atoms with E-state index in [1.165, 1.54) is 6.07 Å². The summed E-state index contributed by atoms with van der Waals surface area (Å²) in [7, 11) is -3.07. The summed E-state index contributed by atoms with van der Waals surface area (Å²) in [6.07, 6.45) is 0.384. The Morgan fingerprint density at radius 1 is 1.33 bits per heavy atom. The van der Waals surface area contributed by atoms with Crippen LogP contribution < -0.4 is 10.6 Å². The van der Waals surface area contributed by atoms with Crippen LogP contribution in [-0.4, -0.2) is 32.0 Å². The third-order valence-corrected chi connectivity index (χ3v) is 5.13. The number of amides is 2. The molecular formula is C13H16F2N2O3S. The number of carbonyl (C=O) groups excluding carboxylic acids is 1. The minimum absolute atomic E-state index is 0.0661. The third kappa shape index (κ3) is 4.13. The number of urea groups is 1. The van der Waals surface area contributed by atoms with Gasteiger partial charge in [0, 0.05) is 6.04 Å². The van der Waals surface area contributed by atoms with Crippen molar-refractivity contribution in [2.45, 2.75) is 25.4 Å². The molecule has 0 radical (unpaired) electrons. The molecule has 2 N–H and O–H groups in total. The summed E-state index contributed by atoms with van der Waals surface area (Å²) < 4.78 is 48.5. The van der Waals surface area contributed by atoms with Crippen molar-refractivity contribution < 1.29 is 22.0 Å². The van der Waals surface area contributed by atoms with E-state index in [1.807, 2.05) is 0 Å². The highest BCUT2D eigenvalue weighted by molar-refractivity contribution is 7.91. The molecule has 21 heavy (non-hydrogen) atoms. The average Bonchev–Trinajstić information content (AvgIpc) is 2.71. The van der Waals surface area contributed by atoms with E-state index in [1.54, 1.807) is 6.92 Å². The first-order valence-corrected chi connectivity index (χ1v) is 8.31. The molecule has 0 saturated carbocycles. The summed E-state index contributed by atoms with van der Waals surface area (Å²) in [4.78, 5) is 11.8. The summed E-state index contributed by atoms with van der Waals surface area (Å²) >= 11 is 0. The van der Waals surface area contributed by atoms with Crippen molar-refractivity contribution in [2.75, 3.05) is 11.5 Å². The predicted octanol–water partition coefficient (Wildman–Crippen LogP) is 1.51. The molecule has 0 bridgehead atoms. The summed E-state index contributed by atoms with van der Waals surface area (Å²) in [5.41, 5.74) is 0.420. The monoisotopic (exact) mass is 318 g/mol. The Balaban J connectivity index is 1.91. The Morgan fingerprint density at radius 2 is 2.05 bits per heavy atom. The predicted molar refractivity (Wildman–Crippen MR) is 73.5 cm³/mol. The quantitative estimate of drug-likeness (QED) is 0.887. The molecule has 1 aromatic rings. The van der Waals surface area contributed by atoms with Gasteiger partial charge in [-0.25, -0.2) is 22.0 Å². The van der Waals surface area contributed by atoms with Crippen molar-refractivity contribution in [3.63, 3.8) is 0 Å². The van der Waals surface area contributed by atoms with Gasteiger partial charge in [0.15, 0.2) is 21.5 Å². The molecule has 1 aromatic carbocycles. The van der Waals surface area contributed by atoms with Crippen molar-refractivity contribution in [2.24, 2.45) is 0 Å². The van der Waals surface area contributed by atoms with E-state index in [-0.39, 0.29) is 11.5 Å². The van der Waals surface area contributed by atoms with Crippen LogP contribution in [0.4, 0.5) is 13.6 Å². The molecule has 5 nitrogen and oxygen atoms in total. The summed E-state index contributed by atoms with van der Waals surface area (Å²) in [6.45, 7) is 1.62. The maximum atomic E-state index is 13.1. The summed E-state index contributed by atoms with van der Waals surface area (Å²) in [6, 6.07) is 1.91. The van der Waals surface area contributed by atoms with Gasteiger partial charge in [-0.1, -0.05) is 6.07 Å². The van der Waals surface area contributed by atoms with Gasteiger partial charge in [-0.15, -0.1) is 0 Å². The molecule has 116 valence electrons. The molecule has 0 aliphatic carbocycles. The fraction of sp³-hybridized carbons (Fsp3) is 0.462. The highest BCUT2D eigenvalue weighted by atomic mass is 32.2. The number of hydrogen-bond donors (Lipinski definition) is 2. The van der Waals surface area contributed by atoms with Gasteiger partial charge in [-0.3, -0.25) is 0 Å². The van der Waals surface area contributed by atoms with Crippen LogP contribution in [0.5, 0.6) is 0 Å². The topological polar surface area (TPSA) is 75.3 Å². The van der Waals surface area contributed by atoms with Gasteiger partial charge in [0.1, 0.15) is 0 Å². The van der Waals surface area contributed by atoms with Crippen LogP contribution in [0.25, 0.3) is 0 Å². The zero-order chi connectivity index (χ0) is 15.6. The van der Waals surface area contributed by atoms with Crippen molar-refractivity contribution in [3.05, 3.63) is 35.4 Å². The maximum Gasteiger partial charge on any atom is 0.315 e. The minimum Gasteiger partial charge on any atom is -0.334 e. The third-order valence-electron chi connectivity index (χ3n) is 3.36. The summed E-state index contributed by atoms with van der Waals surface area (Å²) in [5, 5.41) is 5.13. The zero-order valence-electron chi connectivity index (χ0n) is 11.4. The van der Waals surface area contributed by atoms with Gasteiger partial charge in [0.25, 0.3) is 0 Å². The number of halogens is 2. The summed E-state index contributed by atoms with van der Waals surface area (Å²) in [5.74, 6) is -1.94. The highest BCUT2D eigenvalue weighted by Gasteiger charge is 2.29. The fourth-order valence-corrected chi connectivity index (χ4v) is 3.87. The standard InChI is InChI=1S/C13H16F2N2O3S/c1-8(9-2-3-11(14)12(15)6-9)16-13(18)17-10-4-5-21(19,20)7-10/h2-3,6,8,10H,4-5,7H2,1H3,(H2,16,17,18). The normalized spacial score (nSPS) is 21.8. The Hall–Kier alpha value is -1.70. The van der Waals surface area contributed by atoms with Crippen molar-refractivity contribution >= 4 is 15.9 Å². The number of benzene rings is 1. The van der Waals surface area contributed by atoms with Crippen LogP contribution in [0.3, 0.4) is 0 Å². The van der Waals surface area contributed by atoms with E-state index in [2.05, 4.69) is 10.6 Å². The van der Waals surface area contributed by atoms with Crippen LogP contribution in [0, 0.1) is 11.6 Å². The molecule has 2 rings (SSSR count). The van der Waals surface area contributed by atoms with Crippen LogP contribution >= 0.6 is 0 Å². The first-order valence-electron chi connectivity index (χ1n) is 6.49. The Morgan fingerprint density at radius 3 is 2.62 bits per heavy atom. The molecule has 0 aromatic heterocycles. The highest BCUT2D eigenvalue weighted by Crippen LogP contribution is 2.16. The lowest BCUT2D eigenvalue weighted by Crippen LogP contribution is -2.43. The molecule has 2 amide bonds. The smallest absolute Gasteiger partial charge is 0.315 e. The Bertz CT molecular complexity index is 649. The van der Waals surface area contributed by atoms with Gasteiger partial charge < -0.3 is 10.6 Å². The molecule has 2 atom stereocenters. The molecule has 1 heterocycles. The van der Waals surface area contributed by atoms with Crippen molar-refractivity contribution in [3.8, 4) is 0 Å². The molecular weight excluding hydrogens is 302 g/mol. The SMILES string of the molecule is CC(NC(=O)NC1CCS(=O)(=O)C1)c1ccc(F)c(F)c1. The number of carbonyl (C=O) groups is 1. The Labute approximate surface area is 121 Å². The fourth-order valence-electron chi connectivity index (χ4n) is 2.20. The van der Waals surface area contributed by atoms with Crippen molar-refractivity contribution in [1.29, 1.82) is 0 Å². The van der Waals surface area contributed by atoms with E-state index in [9.17, 15) is 22.0 Å². The molecule has 1 aliphatic heterocycles. The van der Waals surface area contributed by atoms with E-state index >= 15 is 0 Å². The van der Waals surface area contributed by atoms with Gasteiger partial charge in [-0.05, 0) is 31.0 Å². The first-order chi connectivity index (χ1) is 9.77.